The van der Waals surface area contributed by atoms with Crippen molar-refractivity contribution in [3.05, 3.63) is 261 Å². The molecule has 12 aromatic rings. The molecule has 4 heterocycles. The van der Waals surface area contributed by atoms with Crippen molar-refractivity contribution in [2.75, 3.05) is 21.3 Å². The molecule has 116 heavy (non-hydrogen) atoms. The number of aliphatic hydroxyl groups excluding tert-OH is 4. The highest BCUT2D eigenvalue weighted by Gasteiger charge is 2.30. The molecular formula is C96H98N12O8. The molecule has 8 N–H and O–H groups in total. The van der Waals surface area contributed by atoms with E-state index < -0.39 is 0 Å². The Morgan fingerprint density at radius 1 is 0.362 bits per heavy atom. The number of benzene rings is 8. The number of aromatic nitrogens is 8. The molecule has 0 aliphatic heterocycles. The first-order chi connectivity index (χ1) is 56.5. The van der Waals surface area contributed by atoms with E-state index in [1.54, 1.807) is 0 Å². The molecule has 1 unspecified atom stereocenters. The van der Waals surface area contributed by atoms with Crippen LogP contribution in [0.4, 0.5) is 23.3 Å². The number of hydrogen-bond acceptors (Lipinski definition) is 16. The van der Waals surface area contributed by atoms with Gasteiger partial charge in [-0.3, -0.25) is 19.2 Å². The Bertz CT molecular complexity index is 5570. The zero-order valence-electron chi connectivity index (χ0n) is 66.3. The van der Waals surface area contributed by atoms with Gasteiger partial charge in [-0.15, -0.1) is 0 Å². The van der Waals surface area contributed by atoms with E-state index in [4.69, 9.17) is 39.9 Å². The fraction of sp³-hybridized carbons (Fsp3) is 0.292. The van der Waals surface area contributed by atoms with E-state index >= 15 is 0 Å². The summed E-state index contributed by atoms with van der Waals surface area (Å²) < 4.78 is 0. The minimum atomic E-state index is -0.166. The second-order valence-corrected chi connectivity index (χ2v) is 30.8. The third-order valence-electron chi connectivity index (χ3n) is 21.9. The van der Waals surface area contributed by atoms with Crippen LogP contribution in [0.15, 0.2) is 194 Å². The topological polar surface area (TPSA) is 300 Å². The molecule has 5 aliphatic carbocycles. The Labute approximate surface area is 677 Å². The number of nitrogens with zero attached hydrogens (tertiary/aromatic N) is 8. The molecule has 4 amide bonds. The van der Waals surface area contributed by atoms with Crippen LogP contribution in [-0.4, -0.2) is 83.9 Å². The third kappa shape index (κ3) is 18.9. The standard InChI is InChI=1S/C27H29N3O2.2C24H25N3O2.C21H19N3O2/c31-17-19-11-13-22-21(15-19)12-14-23-26(22)30-25(20-9-5-2-6-10-20)27(28-23)29-24(32)16-18-7-3-1-4-8-18;1-15(2)12-21(29)26-24-22(17-6-4-3-5-7-17)27-23-19-10-8-16(14-28)13-18(19)9-11-20(23)25-24;1-3-15(2)24(29)27-23-21(17-7-5-4-6-8-17)26-22-19-11-9-16(14-28)13-18(19)10-12-20(22)25-23;1-13(26)22-21-19(15-5-3-2-4-6-15)24-20-17-9-7-14(12-25)11-16(17)8-10-18(20)23-21/h2,5-6,9-11,13,15,18,31H,1,3-4,7-8,12,14,16-17H2,(H,28,29,32);3-8,10,13,15,28H,9,11-12,14H2,1-2H3,(H,25,26,29);4-9,11,13,15,28H,3,10,12,14H2,1-2H3,(H,25,27,29);2-7,9,11,25H,8,10,12H2,1H3,(H,22,23,26). The Kier molecular flexibility index (Phi) is 25.9. The molecule has 8 aromatic carbocycles. The number of fused-ring (bicyclic) bond motifs is 12. The zero-order chi connectivity index (χ0) is 80.8. The van der Waals surface area contributed by atoms with Gasteiger partial charge in [0, 0.05) is 70.2 Å². The minimum absolute atomic E-state index is 0.0294. The summed E-state index contributed by atoms with van der Waals surface area (Å²) in [5.74, 6) is 2.55. The van der Waals surface area contributed by atoms with Gasteiger partial charge in [-0.05, 0) is 127 Å². The van der Waals surface area contributed by atoms with E-state index in [-0.39, 0.29) is 61.9 Å². The lowest BCUT2D eigenvalue weighted by molar-refractivity contribution is -0.119. The first-order valence-corrected chi connectivity index (χ1v) is 40.5. The van der Waals surface area contributed by atoms with Crippen molar-refractivity contribution < 1.29 is 39.6 Å². The van der Waals surface area contributed by atoms with Crippen LogP contribution in [0.2, 0.25) is 0 Å². The summed E-state index contributed by atoms with van der Waals surface area (Å²) in [5, 5.41) is 49.7. The van der Waals surface area contributed by atoms with E-state index in [1.165, 1.54) is 48.4 Å². The first kappa shape index (κ1) is 80.4. The summed E-state index contributed by atoms with van der Waals surface area (Å²) in [4.78, 5) is 88.7. The minimum Gasteiger partial charge on any atom is -0.392 e. The van der Waals surface area contributed by atoms with Gasteiger partial charge in [0.1, 0.15) is 22.8 Å². The summed E-state index contributed by atoms with van der Waals surface area (Å²) in [7, 11) is 0. The van der Waals surface area contributed by atoms with Crippen LogP contribution >= 0.6 is 0 Å². The van der Waals surface area contributed by atoms with Crippen molar-refractivity contribution >= 4 is 46.9 Å². The first-order valence-electron chi connectivity index (χ1n) is 40.5. The quantitative estimate of drug-likeness (QED) is 0.0396. The van der Waals surface area contributed by atoms with Gasteiger partial charge < -0.3 is 41.7 Å². The summed E-state index contributed by atoms with van der Waals surface area (Å²) in [5.41, 5.74) is 26.0. The number of rotatable bonds is 18. The normalized spacial score (nSPS) is 13.5. The average molecular weight is 1550 g/mol. The van der Waals surface area contributed by atoms with Crippen LogP contribution in [0.1, 0.15) is 153 Å². The second kappa shape index (κ2) is 37.4. The van der Waals surface area contributed by atoms with Gasteiger partial charge in [-0.2, -0.15) is 0 Å². The van der Waals surface area contributed by atoms with Crippen LogP contribution in [-0.2, 0) is 97.0 Å². The van der Waals surface area contributed by atoms with Crippen molar-refractivity contribution in [3.8, 4) is 90.1 Å². The molecule has 20 nitrogen and oxygen atoms in total. The number of aliphatic hydroxyl groups is 4. The van der Waals surface area contributed by atoms with E-state index in [0.29, 0.717) is 64.8 Å². The maximum atomic E-state index is 12.9. The second-order valence-electron chi connectivity index (χ2n) is 30.8. The van der Waals surface area contributed by atoms with Crippen molar-refractivity contribution in [2.24, 2.45) is 17.8 Å². The van der Waals surface area contributed by atoms with Gasteiger partial charge in [0.15, 0.2) is 23.3 Å². The molecule has 17 rings (SSSR count). The highest BCUT2D eigenvalue weighted by Crippen LogP contribution is 2.42. The molecule has 590 valence electrons. The number of carbonyl (C=O) groups is 4. The molecule has 1 saturated carbocycles. The summed E-state index contributed by atoms with van der Waals surface area (Å²) in [6, 6.07) is 63.3. The number of nitrogens with one attached hydrogen (secondary N) is 4. The van der Waals surface area contributed by atoms with Crippen molar-refractivity contribution in [2.45, 2.75) is 164 Å². The van der Waals surface area contributed by atoms with Gasteiger partial charge in [0.2, 0.25) is 23.6 Å². The lowest BCUT2D eigenvalue weighted by Crippen LogP contribution is -2.22. The lowest BCUT2D eigenvalue weighted by atomic mass is 9.87. The Morgan fingerprint density at radius 3 is 0.957 bits per heavy atom. The van der Waals surface area contributed by atoms with Crippen molar-refractivity contribution in [1.82, 2.24) is 39.9 Å². The monoisotopic (exact) mass is 1550 g/mol. The van der Waals surface area contributed by atoms with Gasteiger partial charge in [-0.1, -0.05) is 241 Å². The Balaban J connectivity index is 0.000000128. The van der Waals surface area contributed by atoms with Crippen LogP contribution in [0.5, 0.6) is 0 Å². The molecule has 4 aromatic heterocycles. The predicted octanol–water partition coefficient (Wildman–Crippen LogP) is 17.4. The molecule has 20 heteroatoms. The van der Waals surface area contributed by atoms with E-state index in [2.05, 4.69) is 27.3 Å². The maximum Gasteiger partial charge on any atom is 0.228 e. The van der Waals surface area contributed by atoms with Gasteiger partial charge in [-0.25, -0.2) is 39.9 Å². The number of carbonyl (C=O) groups excluding carboxylic acids is 4. The summed E-state index contributed by atoms with van der Waals surface area (Å²) >= 11 is 0. The van der Waals surface area contributed by atoms with Gasteiger partial charge in [0.25, 0.3) is 0 Å². The number of hydrogen-bond donors (Lipinski definition) is 8. The van der Waals surface area contributed by atoms with Crippen LogP contribution < -0.4 is 21.3 Å². The molecule has 0 radical (unpaired) electrons. The van der Waals surface area contributed by atoms with Gasteiger partial charge >= 0.3 is 0 Å². The molecule has 1 atom stereocenters. The highest BCUT2D eigenvalue weighted by atomic mass is 16.3. The largest absolute Gasteiger partial charge is 0.392 e. The molecular weight excluding hydrogens is 1450 g/mol. The molecule has 1 fully saturated rings. The van der Waals surface area contributed by atoms with Crippen molar-refractivity contribution in [1.29, 1.82) is 0 Å². The van der Waals surface area contributed by atoms with Crippen LogP contribution in [0.3, 0.4) is 0 Å². The number of amides is 4. The predicted molar refractivity (Wildman–Crippen MR) is 455 cm³/mol. The summed E-state index contributed by atoms with van der Waals surface area (Å²) in [6.45, 7) is 9.55. The molecule has 0 bridgehead atoms. The Morgan fingerprint density at radius 2 is 0.664 bits per heavy atom. The molecule has 0 spiro atoms. The van der Waals surface area contributed by atoms with Crippen LogP contribution in [0, 0.1) is 17.8 Å². The summed E-state index contributed by atoms with van der Waals surface area (Å²) in [6.07, 6.45) is 14.2. The SMILES string of the molecule is CC(=O)Nc1nc2c(nc1-c1ccccc1)-c1ccc(CO)cc1CC2.CC(C)CC(=O)Nc1nc2c(nc1-c1ccccc1)-c1ccc(CO)cc1CC2.CCC(C)C(=O)Nc1nc2c(nc1-c1ccccc1)-c1ccc(CO)cc1CC2.O=C(CC1CCCCC1)Nc1nc2c(nc1-c1ccccc1)-c1ccc(CO)cc1CC2. The fourth-order valence-electron chi connectivity index (χ4n) is 15.7. The molecule has 5 aliphatic rings. The average Bonchev–Trinajstić information content (AvgIpc) is 0.781. The van der Waals surface area contributed by atoms with E-state index in [0.717, 1.165) is 183 Å². The lowest BCUT2D eigenvalue weighted by Gasteiger charge is -2.23. The smallest absolute Gasteiger partial charge is 0.228 e. The highest BCUT2D eigenvalue weighted by molar-refractivity contribution is 5.97. The zero-order valence-corrected chi connectivity index (χ0v) is 66.3. The Hall–Kier alpha value is -12.2. The van der Waals surface area contributed by atoms with Gasteiger partial charge in [0.05, 0.1) is 72.0 Å². The number of anilines is 4. The maximum absolute atomic E-state index is 12.9. The fourth-order valence-corrected chi connectivity index (χ4v) is 15.7. The number of aryl methyl sites for hydroxylation is 8. The third-order valence-corrected chi connectivity index (χ3v) is 21.9. The van der Waals surface area contributed by atoms with E-state index in [1.807, 2.05) is 216 Å². The molecule has 0 saturated heterocycles. The van der Waals surface area contributed by atoms with Crippen molar-refractivity contribution in [3.63, 3.8) is 0 Å². The van der Waals surface area contributed by atoms with Crippen LogP contribution in [0.25, 0.3) is 90.1 Å². The van der Waals surface area contributed by atoms with E-state index in [9.17, 15) is 39.6 Å².